The quantitative estimate of drug-likeness (QED) is 0.609. The SMILES string of the molecule is Cn1cc(-c2nccn2-c2nncn2C)nn1. The Morgan fingerprint density at radius 2 is 2.06 bits per heavy atom. The molecule has 86 valence electrons. The summed E-state index contributed by atoms with van der Waals surface area (Å²) in [6.07, 6.45) is 6.94. The van der Waals surface area contributed by atoms with Crippen molar-refractivity contribution in [2.24, 2.45) is 14.1 Å². The van der Waals surface area contributed by atoms with E-state index in [9.17, 15) is 0 Å². The molecule has 0 spiro atoms. The van der Waals surface area contributed by atoms with Gasteiger partial charge in [-0.3, -0.25) is 9.25 Å². The lowest BCUT2D eigenvalue weighted by Crippen LogP contribution is -2.03. The van der Waals surface area contributed by atoms with E-state index >= 15 is 0 Å². The molecule has 3 rings (SSSR count). The molecule has 0 aliphatic heterocycles. The molecular formula is C9H10N8. The highest BCUT2D eigenvalue weighted by atomic mass is 15.4. The van der Waals surface area contributed by atoms with Crippen molar-refractivity contribution < 1.29 is 0 Å². The van der Waals surface area contributed by atoms with E-state index in [1.807, 2.05) is 29.4 Å². The van der Waals surface area contributed by atoms with Gasteiger partial charge in [-0.15, -0.1) is 15.3 Å². The molecule has 0 bridgehead atoms. The first-order valence-corrected chi connectivity index (χ1v) is 5.00. The third kappa shape index (κ3) is 1.50. The number of rotatable bonds is 2. The minimum Gasteiger partial charge on any atom is -0.302 e. The van der Waals surface area contributed by atoms with E-state index < -0.39 is 0 Å². The van der Waals surface area contributed by atoms with Gasteiger partial charge in [0.25, 0.3) is 0 Å². The summed E-state index contributed by atoms with van der Waals surface area (Å²) in [5.41, 5.74) is 0.695. The Balaban J connectivity index is 2.15. The van der Waals surface area contributed by atoms with E-state index in [0.29, 0.717) is 17.5 Å². The van der Waals surface area contributed by atoms with Crippen molar-refractivity contribution in [1.82, 2.24) is 39.3 Å². The number of aromatic nitrogens is 8. The summed E-state index contributed by atoms with van der Waals surface area (Å²) in [6, 6.07) is 0. The summed E-state index contributed by atoms with van der Waals surface area (Å²) in [6.45, 7) is 0. The summed E-state index contributed by atoms with van der Waals surface area (Å²) < 4.78 is 5.25. The summed E-state index contributed by atoms with van der Waals surface area (Å²) in [4.78, 5) is 4.26. The number of imidazole rings is 1. The van der Waals surface area contributed by atoms with E-state index in [2.05, 4.69) is 25.5 Å². The zero-order valence-corrected chi connectivity index (χ0v) is 9.39. The minimum absolute atomic E-state index is 0.683. The predicted octanol–water partition coefficient (Wildman–Crippen LogP) is -0.204. The Bertz CT molecular complexity index is 645. The van der Waals surface area contributed by atoms with Gasteiger partial charge in [-0.25, -0.2) is 4.98 Å². The van der Waals surface area contributed by atoms with Crippen molar-refractivity contribution in [2.75, 3.05) is 0 Å². The van der Waals surface area contributed by atoms with Crippen LogP contribution in [0.3, 0.4) is 0 Å². The molecular weight excluding hydrogens is 220 g/mol. The van der Waals surface area contributed by atoms with Crippen LogP contribution in [0.25, 0.3) is 17.5 Å². The summed E-state index contributed by atoms with van der Waals surface area (Å²) in [7, 11) is 3.68. The average Bonchev–Trinajstić information content (AvgIpc) is 2.97. The second-order valence-electron chi connectivity index (χ2n) is 3.64. The van der Waals surface area contributed by atoms with E-state index in [0.717, 1.165) is 0 Å². The highest BCUT2D eigenvalue weighted by Gasteiger charge is 2.13. The minimum atomic E-state index is 0.683. The molecule has 8 heteroatoms. The molecule has 0 saturated heterocycles. The maximum atomic E-state index is 4.26. The van der Waals surface area contributed by atoms with Crippen LogP contribution in [-0.4, -0.2) is 39.3 Å². The number of nitrogens with zero attached hydrogens (tertiary/aromatic N) is 8. The molecule has 17 heavy (non-hydrogen) atoms. The zero-order valence-electron chi connectivity index (χ0n) is 9.39. The van der Waals surface area contributed by atoms with Gasteiger partial charge in [-0.05, 0) is 0 Å². The van der Waals surface area contributed by atoms with Gasteiger partial charge in [-0.2, -0.15) is 0 Å². The second-order valence-corrected chi connectivity index (χ2v) is 3.64. The van der Waals surface area contributed by atoms with E-state index in [4.69, 9.17) is 0 Å². The maximum absolute atomic E-state index is 4.26. The fourth-order valence-electron chi connectivity index (χ4n) is 1.60. The lowest BCUT2D eigenvalue weighted by Gasteiger charge is -2.03. The van der Waals surface area contributed by atoms with E-state index in [1.54, 1.807) is 23.4 Å². The van der Waals surface area contributed by atoms with Gasteiger partial charge in [0.2, 0.25) is 5.95 Å². The summed E-state index contributed by atoms with van der Waals surface area (Å²) in [5, 5.41) is 15.8. The lowest BCUT2D eigenvalue weighted by molar-refractivity contribution is 0.715. The van der Waals surface area contributed by atoms with Crippen molar-refractivity contribution in [3.8, 4) is 17.5 Å². The van der Waals surface area contributed by atoms with Crippen molar-refractivity contribution in [2.45, 2.75) is 0 Å². The molecule has 0 saturated carbocycles. The predicted molar refractivity (Wildman–Crippen MR) is 58.1 cm³/mol. The van der Waals surface area contributed by atoms with Crippen LogP contribution >= 0.6 is 0 Å². The molecule has 8 nitrogen and oxygen atoms in total. The van der Waals surface area contributed by atoms with Crippen LogP contribution in [0.5, 0.6) is 0 Å². The standard InChI is InChI=1S/C9H10N8/c1-15-6-11-13-9(15)17-4-3-10-8(17)7-5-16(2)14-12-7/h3-6H,1-2H3. The largest absolute Gasteiger partial charge is 0.302 e. The fourth-order valence-corrected chi connectivity index (χ4v) is 1.60. The van der Waals surface area contributed by atoms with Gasteiger partial charge < -0.3 is 4.57 Å². The Morgan fingerprint density at radius 3 is 2.71 bits per heavy atom. The second kappa shape index (κ2) is 3.51. The molecule has 3 heterocycles. The normalized spacial score (nSPS) is 10.9. The Hall–Kier alpha value is -2.51. The van der Waals surface area contributed by atoms with E-state index in [1.165, 1.54) is 0 Å². The summed E-state index contributed by atoms with van der Waals surface area (Å²) in [5.74, 6) is 1.37. The smallest absolute Gasteiger partial charge is 0.236 e. The first-order valence-electron chi connectivity index (χ1n) is 5.00. The molecule has 3 aromatic rings. The molecule has 0 aliphatic carbocycles. The van der Waals surface area contributed by atoms with Crippen LogP contribution in [0.1, 0.15) is 0 Å². The monoisotopic (exact) mass is 230 g/mol. The van der Waals surface area contributed by atoms with Crippen LogP contribution < -0.4 is 0 Å². The van der Waals surface area contributed by atoms with Gasteiger partial charge in [0.05, 0.1) is 6.20 Å². The van der Waals surface area contributed by atoms with Crippen LogP contribution in [0.4, 0.5) is 0 Å². The number of aryl methyl sites for hydroxylation is 2. The highest BCUT2D eigenvalue weighted by Crippen LogP contribution is 2.16. The molecule has 0 unspecified atom stereocenters. The fraction of sp³-hybridized carbons (Fsp3) is 0.222. The molecule has 0 aliphatic rings. The zero-order chi connectivity index (χ0) is 11.8. The topological polar surface area (TPSA) is 79.2 Å². The number of hydrogen-bond acceptors (Lipinski definition) is 5. The van der Waals surface area contributed by atoms with Crippen molar-refractivity contribution >= 4 is 0 Å². The van der Waals surface area contributed by atoms with Crippen LogP contribution in [-0.2, 0) is 14.1 Å². The van der Waals surface area contributed by atoms with Crippen LogP contribution in [0, 0.1) is 0 Å². The van der Waals surface area contributed by atoms with Gasteiger partial charge >= 0.3 is 0 Å². The van der Waals surface area contributed by atoms with Crippen molar-refractivity contribution in [3.05, 3.63) is 24.9 Å². The van der Waals surface area contributed by atoms with E-state index in [-0.39, 0.29) is 0 Å². The van der Waals surface area contributed by atoms with Gasteiger partial charge in [0.1, 0.15) is 12.0 Å². The Kier molecular flexibility index (Phi) is 2.00. The molecule has 0 N–H and O–H groups in total. The molecule has 0 amide bonds. The molecule has 0 aromatic carbocycles. The molecule has 0 radical (unpaired) electrons. The highest BCUT2D eigenvalue weighted by molar-refractivity contribution is 5.50. The third-order valence-corrected chi connectivity index (χ3v) is 2.38. The van der Waals surface area contributed by atoms with Crippen molar-refractivity contribution in [3.63, 3.8) is 0 Å². The molecule has 3 aromatic heterocycles. The third-order valence-electron chi connectivity index (χ3n) is 2.38. The van der Waals surface area contributed by atoms with Crippen LogP contribution in [0.2, 0.25) is 0 Å². The Morgan fingerprint density at radius 1 is 1.18 bits per heavy atom. The summed E-state index contributed by atoms with van der Waals surface area (Å²) >= 11 is 0. The Labute approximate surface area is 96.5 Å². The molecule has 0 fully saturated rings. The average molecular weight is 230 g/mol. The van der Waals surface area contributed by atoms with Crippen molar-refractivity contribution in [1.29, 1.82) is 0 Å². The number of hydrogen-bond donors (Lipinski definition) is 0. The lowest BCUT2D eigenvalue weighted by atomic mass is 10.4. The maximum Gasteiger partial charge on any atom is 0.236 e. The first kappa shape index (κ1) is 9.70. The molecule has 0 atom stereocenters. The van der Waals surface area contributed by atoms with Crippen LogP contribution in [0.15, 0.2) is 24.9 Å². The first-order chi connectivity index (χ1) is 8.25. The van der Waals surface area contributed by atoms with Gasteiger partial charge in [-0.1, -0.05) is 5.21 Å². The van der Waals surface area contributed by atoms with Gasteiger partial charge in [0.15, 0.2) is 5.82 Å². The van der Waals surface area contributed by atoms with Gasteiger partial charge in [0, 0.05) is 26.5 Å².